The zero-order valence-corrected chi connectivity index (χ0v) is 9.54. The molecule has 0 amide bonds. The van der Waals surface area contributed by atoms with Gasteiger partial charge in [-0.15, -0.1) is 12.3 Å². The highest BCUT2D eigenvalue weighted by molar-refractivity contribution is 4.86. The van der Waals surface area contributed by atoms with E-state index in [0.29, 0.717) is 6.04 Å². The first-order valence-corrected chi connectivity index (χ1v) is 5.98. The SMILES string of the molecule is C#CCCC(CN1CCCCCC1)NN. The molecule has 0 spiro atoms. The quantitative estimate of drug-likeness (QED) is 0.405. The van der Waals surface area contributed by atoms with Gasteiger partial charge in [0.25, 0.3) is 0 Å². The van der Waals surface area contributed by atoms with Crippen LogP contribution < -0.4 is 11.3 Å². The van der Waals surface area contributed by atoms with Gasteiger partial charge in [0.05, 0.1) is 0 Å². The number of hydrazine groups is 1. The zero-order valence-electron chi connectivity index (χ0n) is 9.54. The summed E-state index contributed by atoms with van der Waals surface area (Å²) in [6.45, 7) is 3.47. The molecule has 1 atom stereocenters. The van der Waals surface area contributed by atoms with Gasteiger partial charge in [0, 0.05) is 19.0 Å². The van der Waals surface area contributed by atoms with E-state index in [-0.39, 0.29) is 0 Å². The van der Waals surface area contributed by atoms with Crippen molar-refractivity contribution in [1.29, 1.82) is 0 Å². The first-order chi connectivity index (χ1) is 7.36. The maximum atomic E-state index is 5.52. The molecule has 1 rings (SSSR count). The molecule has 86 valence electrons. The Morgan fingerprint density at radius 1 is 1.27 bits per heavy atom. The molecule has 15 heavy (non-hydrogen) atoms. The number of nitrogens with zero attached hydrogens (tertiary/aromatic N) is 1. The summed E-state index contributed by atoms with van der Waals surface area (Å²) in [5.74, 6) is 8.19. The third-order valence-corrected chi connectivity index (χ3v) is 3.05. The first kappa shape index (κ1) is 12.5. The molecule has 1 aliphatic rings. The van der Waals surface area contributed by atoms with Crippen molar-refractivity contribution in [2.75, 3.05) is 19.6 Å². The third kappa shape index (κ3) is 5.17. The number of terminal acetylenes is 1. The van der Waals surface area contributed by atoms with E-state index in [4.69, 9.17) is 12.3 Å². The molecule has 1 unspecified atom stereocenters. The summed E-state index contributed by atoms with van der Waals surface area (Å²) in [4.78, 5) is 2.51. The van der Waals surface area contributed by atoms with Crippen LogP contribution in [0.1, 0.15) is 38.5 Å². The van der Waals surface area contributed by atoms with Gasteiger partial charge in [0.1, 0.15) is 0 Å². The van der Waals surface area contributed by atoms with E-state index >= 15 is 0 Å². The number of hydrogen-bond donors (Lipinski definition) is 2. The topological polar surface area (TPSA) is 41.3 Å². The fraction of sp³-hybridized carbons (Fsp3) is 0.833. The normalized spacial score (nSPS) is 20.5. The van der Waals surface area contributed by atoms with Crippen LogP contribution in [0.4, 0.5) is 0 Å². The Bertz CT molecular complexity index is 190. The molecule has 1 fully saturated rings. The average molecular weight is 209 g/mol. The lowest BCUT2D eigenvalue weighted by atomic mass is 10.1. The minimum atomic E-state index is 0.346. The van der Waals surface area contributed by atoms with Gasteiger partial charge < -0.3 is 4.90 Å². The Morgan fingerprint density at radius 3 is 2.47 bits per heavy atom. The number of likely N-dealkylation sites (tertiary alicyclic amines) is 1. The summed E-state index contributed by atoms with van der Waals surface area (Å²) in [5.41, 5.74) is 2.87. The fourth-order valence-corrected chi connectivity index (χ4v) is 2.12. The van der Waals surface area contributed by atoms with Gasteiger partial charge in [0.2, 0.25) is 0 Å². The van der Waals surface area contributed by atoms with E-state index < -0.39 is 0 Å². The van der Waals surface area contributed by atoms with E-state index in [2.05, 4.69) is 16.2 Å². The molecule has 3 nitrogen and oxygen atoms in total. The van der Waals surface area contributed by atoms with Crippen molar-refractivity contribution in [3.8, 4) is 12.3 Å². The largest absolute Gasteiger partial charge is 0.302 e. The van der Waals surface area contributed by atoms with Crippen LogP contribution in [0, 0.1) is 12.3 Å². The highest BCUT2D eigenvalue weighted by atomic mass is 15.3. The van der Waals surface area contributed by atoms with Gasteiger partial charge in [-0.25, -0.2) is 0 Å². The van der Waals surface area contributed by atoms with Crippen molar-refractivity contribution in [2.24, 2.45) is 5.84 Å². The maximum Gasteiger partial charge on any atom is 0.0346 e. The van der Waals surface area contributed by atoms with Gasteiger partial charge in [-0.05, 0) is 32.4 Å². The summed E-state index contributed by atoms with van der Waals surface area (Å²) in [6, 6.07) is 0.346. The summed E-state index contributed by atoms with van der Waals surface area (Å²) in [7, 11) is 0. The van der Waals surface area contributed by atoms with Crippen LogP contribution in [-0.2, 0) is 0 Å². The lowest BCUT2D eigenvalue weighted by Crippen LogP contribution is -2.44. The minimum Gasteiger partial charge on any atom is -0.302 e. The predicted octanol–water partition coefficient (Wildman–Crippen LogP) is 1.11. The number of nitrogens with one attached hydrogen (secondary N) is 1. The van der Waals surface area contributed by atoms with Crippen molar-refractivity contribution in [3.05, 3.63) is 0 Å². The Hall–Kier alpha value is -0.560. The van der Waals surface area contributed by atoms with Gasteiger partial charge in [-0.2, -0.15) is 0 Å². The fourth-order valence-electron chi connectivity index (χ4n) is 2.12. The molecule has 0 radical (unpaired) electrons. The van der Waals surface area contributed by atoms with Crippen LogP contribution in [-0.4, -0.2) is 30.6 Å². The molecule has 3 N–H and O–H groups in total. The Labute approximate surface area is 93.4 Å². The van der Waals surface area contributed by atoms with Crippen LogP contribution in [0.2, 0.25) is 0 Å². The summed E-state index contributed by atoms with van der Waals surface area (Å²) in [5, 5.41) is 0. The summed E-state index contributed by atoms with van der Waals surface area (Å²) in [6.07, 6.45) is 12.4. The predicted molar refractivity (Wildman–Crippen MR) is 64.1 cm³/mol. The molecule has 0 bridgehead atoms. The van der Waals surface area contributed by atoms with Crippen LogP contribution in [0.25, 0.3) is 0 Å². The molecule has 1 saturated heterocycles. The molecule has 3 heteroatoms. The first-order valence-electron chi connectivity index (χ1n) is 5.98. The van der Waals surface area contributed by atoms with Crippen molar-refractivity contribution >= 4 is 0 Å². The number of rotatable bonds is 5. The highest BCUT2D eigenvalue weighted by Gasteiger charge is 2.13. The third-order valence-electron chi connectivity index (χ3n) is 3.05. The second-order valence-corrected chi connectivity index (χ2v) is 4.32. The Kier molecular flexibility index (Phi) is 6.42. The van der Waals surface area contributed by atoms with Crippen LogP contribution in [0.3, 0.4) is 0 Å². The minimum absolute atomic E-state index is 0.346. The van der Waals surface area contributed by atoms with E-state index in [1.165, 1.54) is 38.8 Å². The number of nitrogens with two attached hydrogens (primary N) is 1. The number of hydrogen-bond acceptors (Lipinski definition) is 3. The van der Waals surface area contributed by atoms with Gasteiger partial charge in [-0.1, -0.05) is 12.8 Å². The van der Waals surface area contributed by atoms with E-state index in [0.717, 1.165) is 19.4 Å². The van der Waals surface area contributed by atoms with Crippen LogP contribution in [0.15, 0.2) is 0 Å². The monoisotopic (exact) mass is 209 g/mol. The molecular weight excluding hydrogens is 186 g/mol. The van der Waals surface area contributed by atoms with Gasteiger partial charge >= 0.3 is 0 Å². The smallest absolute Gasteiger partial charge is 0.0346 e. The molecule has 0 aromatic heterocycles. The van der Waals surface area contributed by atoms with Crippen LogP contribution in [0.5, 0.6) is 0 Å². The summed E-state index contributed by atoms with van der Waals surface area (Å²) < 4.78 is 0. The molecule has 1 aliphatic heterocycles. The standard InChI is InChI=1S/C12H23N3/c1-2-3-8-12(14-13)11-15-9-6-4-5-7-10-15/h1,12,14H,3-11,13H2. The van der Waals surface area contributed by atoms with Crippen LogP contribution >= 0.6 is 0 Å². The molecule has 0 aromatic rings. The lowest BCUT2D eigenvalue weighted by molar-refractivity contribution is 0.246. The van der Waals surface area contributed by atoms with Crippen molar-refractivity contribution in [1.82, 2.24) is 10.3 Å². The van der Waals surface area contributed by atoms with Crippen molar-refractivity contribution in [2.45, 2.75) is 44.6 Å². The van der Waals surface area contributed by atoms with E-state index in [9.17, 15) is 0 Å². The average Bonchev–Trinajstić information content (AvgIpc) is 2.52. The molecule has 0 aromatic carbocycles. The van der Waals surface area contributed by atoms with E-state index in [1.807, 2.05) is 0 Å². The maximum absolute atomic E-state index is 5.52. The second-order valence-electron chi connectivity index (χ2n) is 4.32. The zero-order chi connectivity index (χ0) is 10.9. The van der Waals surface area contributed by atoms with Gasteiger partial charge in [-0.3, -0.25) is 11.3 Å². The highest BCUT2D eigenvalue weighted by Crippen LogP contribution is 2.10. The van der Waals surface area contributed by atoms with Crippen molar-refractivity contribution in [3.63, 3.8) is 0 Å². The Balaban J connectivity index is 2.26. The molecular formula is C12H23N3. The molecule has 1 heterocycles. The summed E-state index contributed by atoms with van der Waals surface area (Å²) >= 11 is 0. The molecule has 0 aliphatic carbocycles. The van der Waals surface area contributed by atoms with E-state index in [1.54, 1.807) is 0 Å². The lowest BCUT2D eigenvalue weighted by Gasteiger charge is -2.25. The van der Waals surface area contributed by atoms with Gasteiger partial charge in [0.15, 0.2) is 0 Å². The Morgan fingerprint density at radius 2 is 1.93 bits per heavy atom. The van der Waals surface area contributed by atoms with Crippen molar-refractivity contribution < 1.29 is 0 Å². The molecule has 0 saturated carbocycles. The second kappa shape index (κ2) is 7.70.